The molecule has 5 heteroatoms. The van der Waals surface area contributed by atoms with E-state index in [0.29, 0.717) is 0 Å². The van der Waals surface area contributed by atoms with Crippen LogP contribution in [0.1, 0.15) is 24.0 Å². The van der Waals surface area contributed by atoms with Crippen molar-refractivity contribution in [1.82, 2.24) is 5.32 Å². The lowest BCUT2D eigenvalue weighted by Crippen LogP contribution is -2.48. The topological polar surface area (TPSA) is 58.6 Å². The molecule has 2 N–H and O–H groups in total. The number of hydrogen-bond donors (Lipinski definition) is 2. The van der Waals surface area contributed by atoms with Gasteiger partial charge in [-0.15, -0.1) is 0 Å². The molecule has 0 aromatic heterocycles. The normalized spacial score (nSPS) is 22.2. The summed E-state index contributed by atoms with van der Waals surface area (Å²) in [7, 11) is 0. The summed E-state index contributed by atoms with van der Waals surface area (Å²) in [4.78, 5) is 10.4. The Morgan fingerprint density at radius 1 is 1.39 bits per heavy atom. The van der Waals surface area contributed by atoms with Crippen molar-refractivity contribution < 1.29 is 14.6 Å². The average Bonchev–Trinajstić information content (AvgIpc) is 2.22. The maximum absolute atomic E-state index is 10.4. The molecule has 4 nitrogen and oxygen atoms in total. The van der Waals surface area contributed by atoms with E-state index in [1.54, 1.807) is 0 Å². The molecule has 0 heterocycles. The lowest BCUT2D eigenvalue weighted by Gasteiger charge is -2.35. The van der Waals surface area contributed by atoms with Crippen molar-refractivity contribution in [2.24, 2.45) is 0 Å². The van der Waals surface area contributed by atoms with Gasteiger partial charge in [0.25, 0.3) is 0 Å². The molecule has 2 rings (SSSR count). The van der Waals surface area contributed by atoms with E-state index in [2.05, 4.69) is 21.2 Å². The van der Waals surface area contributed by atoms with Gasteiger partial charge in [0.15, 0.2) is 0 Å². The minimum atomic E-state index is -0.964. The van der Waals surface area contributed by atoms with Crippen LogP contribution in [0.15, 0.2) is 16.6 Å². The number of ether oxygens (including phenoxy) is 1. The molecule has 1 aromatic rings. The van der Waals surface area contributed by atoms with Gasteiger partial charge in [-0.2, -0.15) is 0 Å². The molecular weight excluding hydrogens is 298 g/mol. The fourth-order valence-electron chi connectivity index (χ4n) is 2.12. The zero-order valence-corrected chi connectivity index (χ0v) is 12.0. The van der Waals surface area contributed by atoms with Crippen LogP contribution in [0.25, 0.3) is 0 Å². The van der Waals surface area contributed by atoms with Gasteiger partial charge in [-0.1, -0.05) is 15.9 Å². The van der Waals surface area contributed by atoms with E-state index in [-0.39, 0.29) is 12.1 Å². The molecule has 0 unspecified atom stereocenters. The third-order valence-electron chi connectivity index (χ3n) is 3.14. The molecule has 1 amide bonds. The van der Waals surface area contributed by atoms with Gasteiger partial charge in [0.1, 0.15) is 11.9 Å². The molecule has 0 radical (unpaired) electrons. The molecule has 1 aliphatic rings. The predicted octanol–water partition coefficient (Wildman–Crippen LogP) is 3.24. The van der Waals surface area contributed by atoms with Crippen LogP contribution in [0.3, 0.4) is 0 Å². The Morgan fingerprint density at radius 3 is 2.44 bits per heavy atom. The zero-order valence-electron chi connectivity index (χ0n) is 10.4. The molecule has 0 saturated heterocycles. The summed E-state index contributed by atoms with van der Waals surface area (Å²) in [6.07, 6.45) is 0.622. The van der Waals surface area contributed by atoms with E-state index in [1.165, 1.54) is 0 Å². The largest absolute Gasteiger partial charge is 0.490 e. The van der Waals surface area contributed by atoms with Gasteiger partial charge < -0.3 is 15.2 Å². The Kier molecular flexibility index (Phi) is 3.80. The monoisotopic (exact) mass is 313 g/mol. The van der Waals surface area contributed by atoms with Crippen LogP contribution in [0.4, 0.5) is 4.79 Å². The predicted molar refractivity (Wildman–Crippen MR) is 72.2 cm³/mol. The summed E-state index contributed by atoms with van der Waals surface area (Å²) in [6.45, 7) is 4.05. The smallest absolute Gasteiger partial charge is 0.404 e. The first-order valence-electron chi connectivity index (χ1n) is 5.88. The number of rotatable bonds is 3. The van der Waals surface area contributed by atoms with Gasteiger partial charge in [-0.05, 0) is 37.1 Å². The van der Waals surface area contributed by atoms with E-state index in [0.717, 1.165) is 34.2 Å². The minimum absolute atomic E-state index is 0.0325. The van der Waals surface area contributed by atoms with Crippen molar-refractivity contribution in [2.45, 2.75) is 38.8 Å². The molecule has 1 fully saturated rings. The van der Waals surface area contributed by atoms with Crippen molar-refractivity contribution >= 4 is 22.0 Å². The minimum Gasteiger partial charge on any atom is -0.490 e. The van der Waals surface area contributed by atoms with Crippen LogP contribution < -0.4 is 10.1 Å². The Morgan fingerprint density at radius 2 is 1.94 bits per heavy atom. The summed E-state index contributed by atoms with van der Waals surface area (Å²) in [5.41, 5.74) is 2.29. The first kappa shape index (κ1) is 13.2. The fourth-order valence-corrected chi connectivity index (χ4v) is 2.35. The molecule has 1 saturated carbocycles. The molecule has 0 aliphatic heterocycles. The van der Waals surface area contributed by atoms with Crippen LogP contribution in [0.5, 0.6) is 5.75 Å². The van der Waals surface area contributed by atoms with Crippen LogP contribution in [-0.4, -0.2) is 23.3 Å². The van der Waals surface area contributed by atoms with Crippen LogP contribution in [-0.2, 0) is 0 Å². The van der Waals surface area contributed by atoms with Gasteiger partial charge in [-0.25, -0.2) is 4.79 Å². The second-order valence-corrected chi connectivity index (χ2v) is 5.52. The number of carbonyl (C=O) groups is 1. The van der Waals surface area contributed by atoms with E-state index in [9.17, 15) is 4.79 Å². The molecule has 0 spiro atoms. The Hall–Kier alpha value is -1.23. The molecule has 1 aromatic carbocycles. The Balaban J connectivity index is 1.91. The van der Waals surface area contributed by atoms with Crippen molar-refractivity contribution in [3.8, 4) is 5.75 Å². The maximum Gasteiger partial charge on any atom is 0.404 e. The molecule has 98 valence electrons. The van der Waals surface area contributed by atoms with E-state index < -0.39 is 6.09 Å². The number of nitrogens with one attached hydrogen (secondary N) is 1. The lowest BCUT2D eigenvalue weighted by atomic mass is 9.89. The molecule has 0 bridgehead atoms. The second-order valence-electron chi connectivity index (χ2n) is 4.73. The summed E-state index contributed by atoms with van der Waals surface area (Å²) >= 11 is 3.52. The van der Waals surface area contributed by atoms with Crippen molar-refractivity contribution in [1.29, 1.82) is 0 Å². The maximum atomic E-state index is 10.4. The van der Waals surface area contributed by atoms with Crippen LogP contribution >= 0.6 is 15.9 Å². The van der Waals surface area contributed by atoms with E-state index >= 15 is 0 Å². The Bertz CT molecular complexity index is 446. The third-order valence-corrected chi connectivity index (χ3v) is 4.39. The Labute approximate surface area is 114 Å². The highest BCUT2D eigenvalue weighted by atomic mass is 79.9. The zero-order chi connectivity index (χ0) is 13.3. The molecule has 18 heavy (non-hydrogen) atoms. The number of hydrogen-bond acceptors (Lipinski definition) is 2. The number of halogens is 1. The third kappa shape index (κ3) is 2.96. The highest BCUT2D eigenvalue weighted by Crippen LogP contribution is 2.30. The average molecular weight is 314 g/mol. The van der Waals surface area contributed by atoms with Gasteiger partial charge in [0.05, 0.1) is 0 Å². The van der Waals surface area contributed by atoms with E-state index in [4.69, 9.17) is 9.84 Å². The van der Waals surface area contributed by atoms with Gasteiger partial charge in [-0.3, -0.25) is 0 Å². The van der Waals surface area contributed by atoms with Gasteiger partial charge in [0, 0.05) is 23.4 Å². The molecular formula is C13H16BrNO3. The summed E-state index contributed by atoms with van der Waals surface area (Å²) in [6, 6.07) is 4.02. The van der Waals surface area contributed by atoms with Gasteiger partial charge >= 0.3 is 6.09 Å². The first-order chi connectivity index (χ1) is 8.45. The first-order valence-corrected chi connectivity index (χ1v) is 6.68. The summed E-state index contributed by atoms with van der Waals surface area (Å²) in [5.74, 6) is 0.854. The highest BCUT2D eigenvalue weighted by molar-refractivity contribution is 9.10. The number of benzene rings is 1. The highest BCUT2D eigenvalue weighted by Gasteiger charge is 2.32. The van der Waals surface area contributed by atoms with Crippen LogP contribution in [0, 0.1) is 13.8 Å². The van der Waals surface area contributed by atoms with Crippen molar-refractivity contribution in [3.63, 3.8) is 0 Å². The number of carboxylic acid groups (broad SMARTS) is 1. The van der Waals surface area contributed by atoms with Crippen molar-refractivity contribution in [3.05, 3.63) is 27.7 Å². The number of amides is 1. The fraction of sp³-hybridized carbons (Fsp3) is 0.462. The SMILES string of the molecule is Cc1cc(OC2CC(NC(=O)O)C2)cc(C)c1Br. The summed E-state index contributed by atoms with van der Waals surface area (Å²) in [5, 5.41) is 11.0. The number of aryl methyl sites for hydroxylation is 2. The second kappa shape index (κ2) is 5.18. The molecule has 0 atom stereocenters. The summed E-state index contributed by atoms with van der Waals surface area (Å²) < 4.78 is 6.93. The molecule has 1 aliphatic carbocycles. The van der Waals surface area contributed by atoms with Gasteiger partial charge in [0.2, 0.25) is 0 Å². The van der Waals surface area contributed by atoms with Crippen LogP contribution in [0.2, 0.25) is 0 Å². The lowest BCUT2D eigenvalue weighted by molar-refractivity contribution is 0.0833. The quantitative estimate of drug-likeness (QED) is 0.900. The standard InChI is InChI=1S/C13H16BrNO3/c1-7-3-10(4-8(2)12(7)14)18-11-5-9(6-11)15-13(16)17/h3-4,9,11,15H,5-6H2,1-2H3,(H,16,17). The van der Waals surface area contributed by atoms with Crippen molar-refractivity contribution in [2.75, 3.05) is 0 Å². The van der Waals surface area contributed by atoms with E-state index in [1.807, 2.05) is 26.0 Å².